The molecule has 4 nitrogen and oxygen atoms in total. The molecule has 2 N–H and O–H groups in total. The van der Waals surface area contributed by atoms with Crippen molar-refractivity contribution in [3.63, 3.8) is 0 Å². The number of aromatic nitrogens is 3. The monoisotopic (exact) mass is 258 g/mol. The Kier molecular flexibility index (Phi) is 3.42. The van der Waals surface area contributed by atoms with E-state index in [1.165, 1.54) is 36.1 Å². The van der Waals surface area contributed by atoms with Crippen LogP contribution in [-0.4, -0.2) is 14.1 Å². The number of nitrogens with zero attached hydrogens (tertiary/aromatic N) is 3. The Morgan fingerprint density at radius 1 is 1.37 bits per heavy atom. The van der Waals surface area contributed by atoms with Crippen molar-refractivity contribution < 1.29 is 0 Å². The maximum absolute atomic E-state index is 6.26. The first-order chi connectivity index (χ1) is 9.28. The largest absolute Gasteiger partial charge is 0.348 e. The zero-order chi connectivity index (χ0) is 13.2. The Labute approximate surface area is 114 Å². The SMILES string of the molecule is CCn1cncc1Cn1cc2c(c1)C(N)CCCC2. The molecular formula is C15H22N4. The second kappa shape index (κ2) is 5.21. The van der Waals surface area contributed by atoms with Crippen LogP contribution in [0, 0.1) is 0 Å². The minimum absolute atomic E-state index is 0.217. The van der Waals surface area contributed by atoms with Crippen LogP contribution in [-0.2, 0) is 19.5 Å². The third-order valence-corrected chi connectivity index (χ3v) is 4.09. The normalized spacial score (nSPS) is 19.2. The molecule has 0 aromatic carbocycles. The molecule has 0 aliphatic heterocycles. The fourth-order valence-electron chi connectivity index (χ4n) is 2.99. The molecule has 19 heavy (non-hydrogen) atoms. The summed E-state index contributed by atoms with van der Waals surface area (Å²) >= 11 is 0. The van der Waals surface area contributed by atoms with E-state index in [2.05, 4.69) is 33.4 Å². The lowest BCUT2D eigenvalue weighted by atomic mass is 10.1. The Bertz CT molecular complexity index is 552. The van der Waals surface area contributed by atoms with E-state index >= 15 is 0 Å². The van der Waals surface area contributed by atoms with Crippen molar-refractivity contribution in [1.29, 1.82) is 0 Å². The van der Waals surface area contributed by atoms with Crippen LogP contribution in [0.25, 0.3) is 0 Å². The van der Waals surface area contributed by atoms with Crippen LogP contribution >= 0.6 is 0 Å². The highest BCUT2D eigenvalue weighted by atomic mass is 15.1. The molecule has 4 heteroatoms. The lowest BCUT2D eigenvalue weighted by molar-refractivity contribution is 0.607. The van der Waals surface area contributed by atoms with Crippen molar-refractivity contribution >= 4 is 0 Å². The standard InChI is InChI=1S/C15H22N4/c1-2-19-11-17-7-13(19)9-18-8-12-5-3-4-6-15(16)14(12)10-18/h7-8,10-11,15H,2-6,9,16H2,1H3. The Morgan fingerprint density at radius 3 is 3.11 bits per heavy atom. The van der Waals surface area contributed by atoms with E-state index in [1.54, 1.807) is 0 Å². The van der Waals surface area contributed by atoms with Crippen LogP contribution < -0.4 is 5.73 Å². The van der Waals surface area contributed by atoms with Crippen LogP contribution in [0.1, 0.15) is 49.0 Å². The first-order valence-electron chi connectivity index (χ1n) is 7.21. The minimum atomic E-state index is 0.217. The van der Waals surface area contributed by atoms with E-state index in [0.29, 0.717) is 0 Å². The number of nitrogens with two attached hydrogens (primary N) is 1. The fraction of sp³-hybridized carbons (Fsp3) is 0.533. The van der Waals surface area contributed by atoms with Gasteiger partial charge >= 0.3 is 0 Å². The summed E-state index contributed by atoms with van der Waals surface area (Å²) in [7, 11) is 0. The average Bonchev–Trinajstić information content (AvgIpc) is 2.98. The molecule has 0 saturated carbocycles. The molecule has 3 rings (SSSR count). The molecule has 1 atom stereocenters. The molecule has 0 fully saturated rings. The van der Waals surface area contributed by atoms with Gasteiger partial charge in [-0.05, 0) is 37.3 Å². The number of hydrogen-bond acceptors (Lipinski definition) is 2. The highest BCUT2D eigenvalue weighted by molar-refractivity contribution is 5.29. The van der Waals surface area contributed by atoms with E-state index in [0.717, 1.165) is 19.5 Å². The highest BCUT2D eigenvalue weighted by Crippen LogP contribution is 2.27. The Balaban J connectivity index is 1.85. The van der Waals surface area contributed by atoms with E-state index in [1.807, 2.05) is 12.5 Å². The summed E-state index contributed by atoms with van der Waals surface area (Å²) in [6.07, 6.45) is 13.2. The summed E-state index contributed by atoms with van der Waals surface area (Å²) in [6.45, 7) is 4.00. The van der Waals surface area contributed by atoms with Gasteiger partial charge in [0, 0.05) is 31.2 Å². The summed E-state index contributed by atoms with van der Waals surface area (Å²) in [5.74, 6) is 0. The molecule has 2 heterocycles. The number of imidazole rings is 1. The summed E-state index contributed by atoms with van der Waals surface area (Å²) in [6, 6.07) is 0.217. The summed E-state index contributed by atoms with van der Waals surface area (Å²) in [5.41, 5.74) is 10.3. The van der Waals surface area contributed by atoms with Crippen molar-refractivity contribution in [1.82, 2.24) is 14.1 Å². The van der Waals surface area contributed by atoms with Crippen molar-refractivity contribution in [3.8, 4) is 0 Å². The third-order valence-electron chi connectivity index (χ3n) is 4.09. The number of hydrogen-bond donors (Lipinski definition) is 1. The fourth-order valence-corrected chi connectivity index (χ4v) is 2.99. The lowest BCUT2D eigenvalue weighted by Gasteiger charge is -2.08. The molecule has 0 spiro atoms. The van der Waals surface area contributed by atoms with Gasteiger partial charge in [0.15, 0.2) is 0 Å². The van der Waals surface area contributed by atoms with Crippen molar-refractivity contribution in [3.05, 3.63) is 41.7 Å². The molecule has 0 saturated heterocycles. The van der Waals surface area contributed by atoms with E-state index in [4.69, 9.17) is 5.73 Å². The third kappa shape index (κ3) is 2.45. The van der Waals surface area contributed by atoms with Gasteiger partial charge in [-0.1, -0.05) is 6.42 Å². The van der Waals surface area contributed by atoms with Crippen LogP contribution in [0.2, 0.25) is 0 Å². The molecule has 102 valence electrons. The smallest absolute Gasteiger partial charge is 0.0948 e. The van der Waals surface area contributed by atoms with Gasteiger partial charge in [-0.2, -0.15) is 0 Å². The second-order valence-electron chi connectivity index (χ2n) is 5.43. The number of rotatable bonds is 3. The first kappa shape index (κ1) is 12.5. The Hall–Kier alpha value is -1.55. The first-order valence-corrected chi connectivity index (χ1v) is 7.21. The van der Waals surface area contributed by atoms with Crippen LogP contribution in [0.4, 0.5) is 0 Å². The molecule has 1 unspecified atom stereocenters. The molecule has 2 aromatic rings. The van der Waals surface area contributed by atoms with Gasteiger partial charge in [0.2, 0.25) is 0 Å². The summed E-state index contributed by atoms with van der Waals surface area (Å²) in [5, 5.41) is 0. The average molecular weight is 258 g/mol. The van der Waals surface area contributed by atoms with Gasteiger partial charge in [0.25, 0.3) is 0 Å². The Morgan fingerprint density at radius 2 is 2.26 bits per heavy atom. The van der Waals surface area contributed by atoms with Crippen molar-refractivity contribution in [2.24, 2.45) is 5.73 Å². The van der Waals surface area contributed by atoms with Crippen molar-refractivity contribution in [2.75, 3.05) is 0 Å². The zero-order valence-corrected chi connectivity index (χ0v) is 11.5. The van der Waals surface area contributed by atoms with E-state index in [-0.39, 0.29) is 6.04 Å². The predicted molar refractivity (Wildman–Crippen MR) is 75.9 cm³/mol. The van der Waals surface area contributed by atoms with Crippen LogP contribution in [0.5, 0.6) is 0 Å². The zero-order valence-electron chi connectivity index (χ0n) is 11.5. The van der Waals surface area contributed by atoms with Gasteiger partial charge < -0.3 is 14.9 Å². The van der Waals surface area contributed by atoms with Gasteiger partial charge in [-0.25, -0.2) is 4.98 Å². The lowest BCUT2D eigenvalue weighted by Crippen LogP contribution is -2.09. The quantitative estimate of drug-likeness (QED) is 0.860. The molecule has 1 aliphatic carbocycles. The molecular weight excluding hydrogens is 236 g/mol. The molecule has 0 bridgehead atoms. The maximum Gasteiger partial charge on any atom is 0.0948 e. The predicted octanol–water partition coefficient (Wildman–Crippen LogP) is 2.48. The van der Waals surface area contributed by atoms with Gasteiger partial charge in [0.05, 0.1) is 18.6 Å². The van der Waals surface area contributed by atoms with Crippen LogP contribution in [0.3, 0.4) is 0 Å². The topological polar surface area (TPSA) is 48.8 Å². The maximum atomic E-state index is 6.26. The number of aryl methyl sites for hydroxylation is 2. The molecule has 1 aliphatic rings. The highest BCUT2D eigenvalue weighted by Gasteiger charge is 2.17. The van der Waals surface area contributed by atoms with E-state index < -0.39 is 0 Å². The summed E-state index contributed by atoms with van der Waals surface area (Å²) in [4.78, 5) is 4.23. The van der Waals surface area contributed by atoms with Crippen LogP contribution in [0.15, 0.2) is 24.9 Å². The van der Waals surface area contributed by atoms with E-state index in [9.17, 15) is 0 Å². The molecule has 2 aromatic heterocycles. The second-order valence-corrected chi connectivity index (χ2v) is 5.43. The number of fused-ring (bicyclic) bond motifs is 1. The molecule has 0 radical (unpaired) electrons. The summed E-state index contributed by atoms with van der Waals surface area (Å²) < 4.78 is 4.45. The minimum Gasteiger partial charge on any atom is -0.348 e. The van der Waals surface area contributed by atoms with Gasteiger partial charge in [-0.15, -0.1) is 0 Å². The van der Waals surface area contributed by atoms with Gasteiger partial charge in [0.1, 0.15) is 0 Å². The molecule has 0 amide bonds. The van der Waals surface area contributed by atoms with Gasteiger partial charge in [-0.3, -0.25) is 0 Å². The van der Waals surface area contributed by atoms with Crippen molar-refractivity contribution in [2.45, 2.75) is 51.7 Å².